The van der Waals surface area contributed by atoms with Gasteiger partial charge in [0.15, 0.2) is 0 Å². The standard InChI is InChI=1S/C22H25N3OS/c1-14(2)19-7-5-6-8-20(19)25-22(26)15(3)23-18-11-9-17(10-12-18)21-13-27-16(4)24-21/h5-15,23H,1-4H3,(H,25,26). The Morgan fingerprint density at radius 2 is 1.74 bits per heavy atom. The van der Waals surface area contributed by atoms with Crippen LogP contribution in [0.4, 0.5) is 11.4 Å². The van der Waals surface area contributed by atoms with Gasteiger partial charge in [0.25, 0.3) is 0 Å². The maximum atomic E-state index is 12.6. The van der Waals surface area contributed by atoms with Crippen molar-refractivity contribution in [1.82, 2.24) is 4.98 Å². The van der Waals surface area contributed by atoms with Crippen molar-refractivity contribution >= 4 is 28.6 Å². The summed E-state index contributed by atoms with van der Waals surface area (Å²) in [6.07, 6.45) is 0. The molecule has 0 fully saturated rings. The zero-order valence-corrected chi connectivity index (χ0v) is 16.9. The largest absolute Gasteiger partial charge is 0.374 e. The number of para-hydroxylation sites is 1. The highest BCUT2D eigenvalue weighted by Gasteiger charge is 2.15. The van der Waals surface area contributed by atoms with Crippen LogP contribution >= 0.6 is 11.3 Å². The minimum atomic E-state index is -0.349. The Morgan fingerprint density at radius 1 is 1.04 bits per heavy atom. The SMILES string of the molecule is Cc1nc(-c2ccc(NC(C)C(=O)Nc3ccccc3C(C)C)cc2)cs1. The first-order chi connectivity index (χ1) is 12.9. The number of aromatic nitrogens is 1. The first kappa shape index (κ1) is 19.1. The van der Waals surface area contributed by atoms with E-state index in [4.69, 9.17) is 0 Å². The summed E-state index contributed by atoms with van der Waals surface area (Å²) < 4.78 is 0. The van der Waals surface area contributed by atoms with Gasteiger partial charge in [0.1, 0.15) is 6.04 Å². The quantitative estimate of drug-likeness (QED) is 0.579. The number of benzene rings is 2. The summed E-state index contributed by atoms with van der Waals surface area (Å²) in [6, 6.07) is 15.6. The van der Waals surface area contributed by atoms with Gasteiger partial charge in [0, 0.05) is 22.3 Å². The molecule has 0 radical (unpaired) electrons. The second kappa shape index (κ2) is 8.35. The highest BCUT2D eigenvalue weighted by Crippen LogP contribution is 2.25. The number of hydrogen-bond acceptors (Lipinski definition) is 4. The van der Waals surface area contributed by atoms with E-state index in [1.54, 1.807) is 11.3 Å². The van der Waals surface area contributed by atoms with Crippen molar-refractivity contribution in [2.24, 2.45) is 0 Å². The van der Waals surface area contributed by atoms with Gasteiger partial charge in [-0.3, -0.25) is 4.79 Å². The lowest BCUT2D eigenvalue weighted by Crippen LogP contribution is -2.32. The van der Waals surface area contributed by atoms with Crippen LogP contribution in [-0.4, -0.2) is 16.9 Å². The number of carbonyl (C=O) groups is 1. The summed E-state index contributed by atoms with van der Waals surface area (Å²) in [4.78, 5) is 17.1. The third-order valence-electron chi connectivity index (χ3n) is 4.42. The summed E-state index contributed by atoms with van der Waals surface area (Å²) in [5.74, 6) is 0.300. The van der Waals surface area contributed by atoms with E-state index in [0.717, 1.165) is 33.2 Å². The lowest BCUT2D eigenvalue weighted by Gasteiger charge is -2.18. The Hall–Kier alpha value is -2.66. The average molecular weight is 380 g/mol. The van der Waals surface area contributed by atoms with E-state index in [2.05, 4.69) is 40.9 Å². The van der Waals surface area contributed by atoms with Crippen LogP contribution in [0.5, 0.6) is 0 Å². The van der Waals surface area contributed by atoms with Gasteiger partial charge >= 0.3 is 0 Å². The van der Waals surface area contributed by atoms with E-state index >= 15 is 0 Å². The van der Waals surface area contributed by atoms with E-state index in [0.29, 0.717) is 5.92 Å². The minimum absolute atomic E-state index is 0.0534. The van der Waals surface area contributed by atoms with Gasteiger partial charge in [-0.05, 0) is 43.5 Å². The summed E-state index contributed by atoms with van der Waals surface area (Å²) in [5, 5.41) is 9.42. The summed E-state index contributed by atoms with van der Waals surface area (Å²) in [7, 11) is 0. The van der Waals surface area contributed by atoms with Crippen molar-refractivity contribution in [3.63, 3.8) is 0 Å². The van der Waals surface area contributed by atoms with Crippen LogP contribution in [0.15, 0.2) is 53.9 Å². The topological polar surface area (TPSA) is 54.0 Å². The molecule has 5 heteroatoms. The third-order valence-corrected chi connectivity index (χ3v) is 5.19. The molecule has 1 amide bonds. The molecule has 1 atom stereocenters. The number of carbonyl (C=O) groups excluding carboxylic acids is 1. The summed E-state index contributed by atoms with van der Waals surface area (Å²) in [6.45, 7) is 8.11. The molecule has 4 nitrogen and oxygen atoms in total. The number of thiazole rings is 1. The van der Waals surface area contributed by atoms with E-state index in [1.165, 1.54) is 0 Å². The monoisotopic (exact) mass is 379 g/mol. The maximum Gasteiger partial charge on any atom is 0.246 e. The molecule has 2 aromatic carbocycles. The van der Waals surface area contributed by atoms with E-state index in [-0.39, 0.29) is 11.9 Å². The van der Waals surface area contributed by atoms with Crippen LogP contribution < -0.4 is 10.6 Å². The van der Waals surface area contributed by atoms with Gasteiger partial charge in [0.05, 0.1) is 10.7 Å². The molecule has 3 rings (SSSR count). The number of nitrogens with zero attached hydrogens (tertiary/aromatic N) is 1. The van der Waals surface area contributed by atoms with Crippen molar-refractivity contribution in [2.45, 2.75) is 39.7 Å². The molecule has 0 aliphatic carbocycles. The number of anilines is 2. The molecule has 3 aromatic rings. The summed E-state index contributed by atoms with van der Waals surface area (Å²) in [5.41, 5.74) is 4.99. The maximum absolute atomic E-state index is 12.6. The van der Waals surface area contributed by atoms with Crippen molar-refractivity contribution < 1.29 is 4.79 Å². The van der Waals surface area contributed by atoms with E-state index in [1.807, 2.05) is 56.3 Å². The van der Waals surface area contributed by atoms with Crippen molar-refractivity contribution in [3.8, 4) is 11.3 Å². The van der Waals surface area contributed by atoms with Gasteiger partial charge in [-0.25, -0.2) is 4.98 Å². The van der Waals surface area contributed by atoms with E-state index < -0.39 is 0 Å². The van der Waals surface area contributed by atoms with Gasteiger partial charge < -0.3 is 10.6 Å². The predicted octanol–water partition coefficient (Wildman–Crippen LogP) is 5.68. The Morgan fingerprint density at radius 3 is 2.37 bits per heavy atom. The van der Waals surface area contributed by atoms with Gasteiger partial charge in [-0.15, -0.1) is 11.3 Å². The highest BCUT2D eigenvalue weighted by molar-refractivity contribution is 7.09. The second-order valence-corrected chi connectivity index (χ2v) is 7.99. The highest BCUT2D eigenvalue weighted by atomic mass is 32.1. The van der Waals surface area contributed by atoms with Gasteiger partial charge in [-0.1, -0.05) is 44.2 Å². The fourth-order valence-corrected chi connectivity index (χ4v) is 3.53. The Balaban J connectivity index is 1.65. The van der Waals surface area contributed by atoms with Crippen LogP contribution in [-0.2, 0) is 4.79 Å². The van der Waals surface area contributed by atoms with Crippen molar-refractivity contribution in [2.75, 3.05) is 10.6 Å². The van der Waals surface area contributed by atoms with Crippen molar-refractivity contribution in [3.05, 3.63) is 64.5 Å². The molecular formula is C22H25N3OS. The molecule has 0 bridgehead atoms. The van der Waals surface area contributed by atoms with Crippen LogP contribution in [0.1, 0.15) is 37.3 Å². The number of aryl methyl sites for hydroxylation is 1. The Bertz CT molecular complexity index is 915. The van der Waals surface area contributed by atoms with Gasteiger partial charge in [0.2, 0.25) is 5.91 Å². The number of rotatable bonds is 6. The number of amides is 1. The average Bonchev–Trinajstić information content (AvgIpc) is 3.09. The molecule has 0 spiro atoms. The van der Waals surface area contributed by atoms with Crippen LogP contribution in [0.25, 0.3) is 11.3 Å². The zero-order chi connectivity index (χ0) is 19.4. The van der Waals surface area contributed by atoms with Crippen molar-refractivity contribution in [1.29, 1.82) is 0 Å². The van der Waals surface area contributed by atoms with Crippen LogP contribution in [0.3, 0.4) is 0 Å². The first-order valence-corrected chi connectivity index (χ1v) is 10.0. The molecule has 27 heavy (non-hydrogen) atoms. The van der Waals surface area contributed by atoms with Gasteiger partial charge in [-0.2, -0.15) is 0 Å². The first-order valence-electron chi connectivity index (χ1n) is 9.13. The lowest BCUT2D eigenvalue weighted by molar-refractivity contribution is -0.116. The fourth-order valence-electron chi connectivity index (χ4n) is 2.90. The molecule has 0 saturated carbocycles. The summed E-state index contributed by atoms with van der Waals surface area (Å²) >= 11 is 1.64. The fraction of sp³-hybridized carbons (Fsp3) is 0.273. The molecule has 1 heterocycles. The number of nitrogens with one attached hydrogen (secondary N) is 2. The number of hydrogen-bond donors (Lipinski definition) is 2. The van der Waals surface area contributed by atoms with E-state index in [9.17, 15) is 4.79 Å². The zero-order valence-electron chi connectivity index (χ0n) is 16.1. The smallest absolute Gasteiger partial charge is 0.246 e. The Kier molecular flexibility index (Phi) is 5.91. The minimum Gasteiger partial charge on any atom is -0.374 e. The molecule has 0 aliphatic heterocycles. The normalized spacial score (nSPS) is 12.0. The third kappa shape index (κ3) is 4.74. The van der Waals surface area contributed by atoms with Crippen LogP contribution in [0, 0.1) is 6.92 Å². The molecule has 0 aliphatic rings. The lowest BCUT2D eigenvalue weighted by atomic mass is 10.0. The molecule has 2 N–H and O–H groups in total. The molecule has 0 saturated heterocycles. The molecule has 140 valence electrons. The van der Waals surface area contributed by atoms with Crippen LogP contribution in [0.2, 0.25) is 0 Å². The molecule has 1 aromatic heterocycles. The molecule has 1 unspecified atom stereocenters. The second-order valence-electron chi connectivity index (χ2n) is 6.93. The Labute approximate surface area is 164 Å². The predicted molar refractivity (Wildman–Crippen MR) is 115 cm³/mol. The molecular weight excluding hydrogens is 354 g/mol.